The van der Waals surface area contributed by atoms with Gasteiger partial charge in [-0.25, -0.2) is 0 Å². The third-order valence-corrected chi connectivity index (χ3v) is 8.54. The summed E-state index contributed by atoms with van der Waals surface area (Å²) in [6.07, 6.45) is 2.52. The number of benzene rings is 3. The number of fused-ring (bicyclic) bond motifs is 3. The molecule has 0 aromatic heterocycles. The van der Waals surface area contributed by atoms with E-state index < -0.39 is 0 Å². The van der Waals surface area contributed by atoms with Crippen LogP contribution in [0.3, 0.4) is 0 Å². The maximum absolute atomic E-state index is 5.77. The summed E-state index contributed by atoms with van der Waals surface area (Å²) in [7, 11) is 3.53. The number of ether oxygens (including phenoxy) is 2. The molecule has 0 unspecified atom stereocenters. The molecule has 0 radical (unpaired) electrons. The maximum atomic E-state index is 5.77. The van der Waals surface area contributed by atoms with Crippen molar-refractivity contribution in [2.45, 2.75) is 56.8 Å². The second kappa shape index (κ2) is 10.8. The summed E-state index contributed by atoms with van der Waals surface area (Å²) in [4.78, 5) is 2.74. The summed E-state index contributed by atoms with van der Waals surface area (Å²) in [6.45, 7) is 7.37. The van der Waals surface area contributed by atoms with E-state index in [0.717, 1.165) is 12.3 Å². The molecule has 3 saturated heterocycles. The molecular weight excluding hydrogens is 444 g/mol. The molecule has 3 aliphatic rings. The molecule has 0 spiro atoms. The van der Waals surface area contributed by atoms with Crippen molar-refractivity contribution in [2.75, 3.05) is 27.3 Å². The van der Waals surface area contributed by atoms with E-state index in [1.54, 1.807) is 14.2 Å². The monoisotopic (exact) mass is 484 g/mol. The Morgan fingerprint density at radius 3 is 2.06 bits per heavy atom. The molecule has 6 rings (SSSR count). The largest absolute Gasteiger partial charge is 0.496 e. The predicted octanol–water partition coefficient (Wildman–Crippen LogP) is 5.96. The van der Waals surface area contributed by atoms with Gasteiger partial charge in [0.2, 0.25) is 0 Å². The molecule has 3 aliphatic heterocycles. The molecule has 4 nitrogen and oxygen atoms in total. The van der Waals surface area contributed by atoms with Crippen LogP contribution in [0.2, 0.25) is 0 Å². The van der Waals surface area contributed by atoms with Gasteiger partial charge in [0.15, 0.2) is 0 Å². The standard InChI is InChI=1S/C32H40N2O2/c1-32(2,36-4)27-15-16-28(35-3)26(21-27)22-33-30-25-17-19-34(20-18-25)31(30)29(23-11-7-5-8-12-23)24-13-9-6-10-14-24/h5-16,21,25,29-31,33H,17-20,22H2,1-4H3/t30-,31-/m0/s1. The first-order valence-corrected chi connectivity index (χ1v) is 13.3. The van der Waals surface area contributed by atoms with Crippen molar-refractivity contribution in [2.24, 2.45) is 5.92 Å². The van der Waals surface area contributed by atoms with Gasteiger partial charge in [0.1, 0.15) is 5.75 Å². The van der Waals surface area contributed by atoms with E-state index in [4.69, 9.17) is 9.47 Å². The van der Waals surface area contributed by atoms with Crippen molar-refractivity contribution in [1.29, 1.82) is 0 Å². The minimum Gasteiger partial charge on any atom is -0.496 e. The number of rotatable bonds is 9. The molecule has 2 bridgehead atoms. The highest BCUT2D eigenvalue weighted by molar-refractivity contribution is 5.40. The van der Waals surface area contributed by atoms with Crippen LogP contribution in [0, 0.1) is 5.92 Å². The zero-order chi connectivity index (χ0) is 25.1. The molecule has 3 aromatic rings. The third kappa shape index (κ3) is 4.95. The summed E-state index contributed by atoms with van der Waals surface area (Å²) in [5.41, 5.74) is 4.81. The van der Waals surface area contributed by atoms with Gasteiger partial charge in [-0.15, -0.1) is 0 Å². The number of piperidine rings is 3. The number of hydrogen-bond donors (Lipinski definition) is 1. The van der Waals surface area contributed by atoms with Gasteiger partial charge in [-0.2, -0.15) is 0 Å². The van der Waals surface area contributed by atoms with E-state index in [2.05, 4.69) is 103 Å². The molecular formula is C32H40N2O2. The second-order valence-electron chi connectivity index (χ2n) is 10.8. The zero-order valence-electron chi connectivity index (χ0n) is 22.1. The maximum Gasteiger partial charge on any atom is 0.123 e. The van der Waals surface area contributed by atoms with Crippen molar-refractivity contribution in [3.63, 3.8) is 0 Å². The van der Waals surface area contributed by atoms with Crippen molar-refractivity contribution in [1.82, 2.24) is 10.2 Å². The number of hydrogen-bond acceptors (Lipinski definition) is 4. The van der Waals surface area contributed by atoms with E-state index in [9.17, 15) is 0 Å². The second-order valence-corrected chi connectivity index (χ2v) is 10.8. The molecule has 36 heavy (non-hydrogen) atoms. The molecule has 3 heterocycles. The smallest absolute Gasteiger partial charge is 0.123 e. The van der Waals surface area contributed by atoms with E-state index in [-0.39, 0.29) is 5.60 Å². The zero-order valence-corrected chi connectivity index (χ0v) is 22.1. The molecule has 3 aromatic carbocycles. The van der Waals surface area contributed by atoms with Crippen LogP contribution in [0.5, 0.6) is 5.75 Å². The molecule has 2 atom stereocenters. The van der Waals surface area contributed by atoms with E-state index in [1.165, 1.54) is 48.2 Å². The minimum atomic E-state index is -0.342. The normalized spacial score (nSPS) is 23.7. The van der Waals surface area contributed by atoms with Gasteiger partial charge >= 0.3 is 0 Å². The lowest BCUT2D eigenvalue weighted by Gasteiger charge is -2.54. The lowest BCUT2D eigenvalue weighted by Crippen LogP contribution is -2.64. The van der Waals surface area contributed by atoms with Gasteiger partial charge < -0.3 is 14.8 Å². The predicted molar refractivity (Wildman–Crippen MR) is 146 cm³/mol. The average Bonchev–Trinajstić information content (AvgIpc) is 2.94. The summed E-state index contributed by atoms with van der Waals surface area (Å²) < 4.78 is 11.5. The van der Waals surface area contributed by atoms with Crippen LogP contribution in [0.25, 0.3) is 0 Å². The number of nitrogens with zero attached hydrogens (tertiary/aromatic N) is 1. The van der Waals surface area contributed by atoms with E-state index in [1.807, 2.05) is 0 Å². The van der Waals surface area contributed by atoms with Crippen LogP contribution >= 0.6 is 0 Å². The average molecular weight is 485 g/mol. The Labute approximate surface area is 216 Å². The van der Waals surface area contributed by atoms with Gasteiger partial charge in [-0.3, -0.25) is 4.90 Å². The Balaban J connectivity index is 1.48. The fourth-order valence-corrected chi connectivity index (χ4v) is 6.33. The Bertz CT molecular complexity index is 1080. The summed E-state index contributed by atoms with van der Waals surface area (Å²) >= 11 is 0. The fraction of sp³-hybridized carbons (Fsp3) is 0.438. The van der Waals surface area contributed by atoms with Gasteiger partial charge in [0.05, 0.1) is 12.7 Å². The van der Waals surface area contributed by atoms with Gasteiger partial charge in [0, 0.05) is 37.2 Å². The third-order valence-electron chi connectivity index (χ3n) is 8.54. The van der Waals surface area contributed by atoms with E-state index in [0.29, 0.717) is 23.9 Å². The SMILES string of the molecule is COc1ccc(C(C)(C)OC)cc1CN[C@H]1C2CCN(CC2)[C@H]1C(c1ccccc1)c1ccccc1. The molecule has 0 saturated carbocycles. The molecule has 4 heteroatoms. The van der Waals surface area contributed by atoms with Gasteiger partial charge in [0.25, 0.3) is 0 Å². The van der Waals surface area contributed by atoms with Crippen LogP contribution in [0.1, 0.15) is 54.9 Å². The Hall–Kier alpha value is -2.66. The Kier molecular flexibility index (Phi) is 7.47. The summed E-state index contributed by atoms with van der Waals surface area (Å²) in [5, 5.41) is 4.05. The van der Waals surface area contributed by atoms with Crippen molar-refractivity contribution in [3.05, 3.63) is 101 Å². The number of methoxy groups -OCH3 is 2. The van der Waals surface area contributed by atoms with Crippen LogP contribution < -0.4 is 10.1 Å². The van der Waals surface area contributed by atoms with Crippen LogP contribution in [0.15, 0.2) is 78.9 Å². The highest BCUT2D eigenvalue weighted by atomic mass is 16.5. The van der Waals surface area contributed by atoms with E-state index >= 15 is 0 Å². The molecule has 190 valence electrons. The first-order valence-electron chi connectivity index (χ1n) is 13.3. The quantitative estimate of drug-likeness (QED) is 0.406. The summed E-state index contributed by atoms with van der Waals surface area (Å²) in [6, 6.07) is 29.4. The highest BCUT2D eigenvalue weighted by Gasteiger charge is 2.46. The lowest BCUT2D eigenvalue weighted by atomic mass is 9.70. The molecule has 0 aliphatic carbocycles. The molecule has 1 N–H and O–H groups in total. The van der Waals surface area contributed by atoms with Crippen LogP contribution in [-0.2, 0) is 16.9 Å². The van der Waals surface area contributed by atoms with Crippen molar-refractivity contribution < 1.29 is 9.47 Å². The highest BCUT2D eigenvalue weighted by Crippen LogP contribution is 2.42. The lowest BCUT2D eigenvalue weighted by molar-refractivity contribution is 0.00453. The van der Waals surface area contributed by atoms with Gasteiger partial charge in [-0.1, -0.05) is 66.7 Å². The number of nitrogens with one attached hydrogen (secondary N) is 1. The fourth-order valence-electron chi connectivity index (χ4n) is 6.33. The minimum absolute atomic E-state index is 0.327. The first kappa shape index (κ1) is 25.0. The van der Waals surface area contributed by atoms with Gasteiger partial charge in [-0.05, 0) is 74.5 Å². The summed E-state index contributed by atoms with van der Waals surface area (Å²) in [5.74, 6) is 1.94. The topological polar surface area (TPSA) is 33.7 Å². The van der Waals surface area contributed by atoms with Crippen LogP contribution in [-0.4, -0.2) is 44.3 Å². The molecule has 0 amide bonds. The Morgan fingerprint density at radius 2 is 1.50 bits per heavy atom. The van der Waals surface area contributed by atoms with Crippen molar-refractivity contribution >= 4 is 0 Å². The Morgan fingerprint density at radius 1 is 0.889 bits per heavy atom. The molecule has 3 fully saturated rings. The first-order chi connectivity index (χ1) is 17.5. The van der Waals surface area contributed by atoms with Crippen molar-refractivity contribution in [3.8, 4) is 5.75 Å². The van der Waals surface area contributed by atoms with Crippen LogP contribution in [0.4, 0.5) is 0 Å².